The molecule has 1 aromatic rings. The van der Waals surface area contributed by atoms with Crippen LogP contribution in [0.2, 0.25) is 0 Å². The molecule has 0 radical (unpaired) electrons. The summed E-state index contributed by atoms with van der Waals surface area (Å²) >= 11 is 0. The Kier molecular flexibility index (Phi) is 3.89. The molecule has 1 N–H and O–H groups in total. The fourth-order valence-corrected chi connectivity index (χ4v) is 1.36. The molecule has 0 spiro atoms. The highest BCUT2D eigenvalue weighted by Gasteiger charge is 2.23. The van der Waals surface area contributed by atoms with Crippen molar-refractivity contribution in [1.29, 1.82) is 5.26 Å². The topological polar surface area (TPSA) is 70.7 Å². The lowest BCUT2D eigenvalue weighted by Gasteiger charge is -2.26. The lowest BCUT2D eigenvalue weighted by molar-refractivity contribution is -0.125. The van der Waals surface area contributed by atoms with Gasteiger partial charge >= 0.3 is 0 Å². The number of carbonyl (C=O) groups excluding carboxylic acids is 1. The fourth-order valence-electron chi connectivity index (χ4n) is 1.36. The van der Waals surface area contributed by atoms with E-state index < -0.39 is 6.04 Å². The van der Waals surface area contributed by atoms with E-state index in [-0.39, 0.29) is 17.3 Å². The van der Waals surface area contributed by atoms with Crippen molar-refractivity contribution in [1.82, 2.24) is 14.9 Å². The minimum atomic E-state index is -0.432. The Labute approximate surface area is 101 Å². The summed E-state index contributed by atoms with van der Waals surface area (Å²) in [4.78, 5) is 15.9. The molecule has 5 heteroatoms. The lowest BCUT2D eigenvalue weighted by Crippen LogP contribution is -2.45. The number of imidazole rings is 1. The molecule has 0 aromatic carbocycles. The Morgan fingerprint density at radius 1 is 1.71 bits per heavy atom. The van der Waals surface area contributed by atoms with Crippen LogP contribution in [0, 0.1) is 11.3 Å². The zero-order chi connectivity index (χ0) is 13.1. The van der Waals surface area contributed by atoms with Gasteiger partial charge in [0.15, 0.2) is 0 Å². The van der Waals surface area contributed by atoms with Crippen molar-refractivity contribution in [2.45, 2.75) is 45.7 Å². The number of aromatic nitrogens is 2. The van der Waals surface area contributed by atoms with Crippen LogP contribution in [0.5, 0.6) is 0 Å². The highest BCUT2D eigenvalue weighted by molar-refractivity contribution is 5.80. The number of rotatable bonds is 4. The Morgan fingerprint density at radius 3 is 2.88 bits per heavy atom. The number of amides is 1. The Balaban J connectivity index is 2.81. The van der Waals surface area contributed by atoms with Crippen LogP contribution in [0.3, 0.4) is 0 Å². The SMILES string of the molecule is CCC(C)(C)NC(=O)C(C)n1ccnc1C#N. The second-order valence-corrected chi connectivity index (χ2v) is 4.67. The van der Waals surface area contributed by atoms with Gasteiger partial charge in [0.2, 0.25) is 11.7 Å². The van der Waals surface area contributed by atoms with Gasteiger partial charge in [-0.15, -0.1) is 0 Å². The molecule has 1 amide bonds. The molecule has 1 heterocycles. The van der Waals surface area contributed by atoms with Crippen molar-refractivity contribution >= 4 is 5.91 Å². The molecule has 0 bridgehead atoms. The normalized spacial score (nSPS) is 12.9. The molecule has 0 aliphatic carbocycles. The molecule has 92 valence electrons. The molecule has 0 aliphatic heterocycles. The maximum Gasteiger partial charge on any atom is 0.243 e. The Bertz CT molecular complexity index is 442. The van der Waals surface area contributed by atoms with Crippen LogP contribution in [0.25, 0.3) is 0 Å². The first kappa shape index (κ1) is 13.2. The zero-order valence-corrected chi connectivity index (χ0v) is 10.7. The third kappa shape index (κ3) is 3.06. The Morgan fingerprint density at radius 2 is 2.35 bits per heavy atom. The van der Waals surface area contributed by atoms with E-state index in [0.717, 1.165) is 6.42 Å². The van der Waals surface area contributed by atoms with Crippen LogP contribution < -0.4 is 5.32 Å². The molecule has 1 rings (SSSR count). The van der Waals surface area contributed by atoms with Gasteiger partial charge in [-0.1, -0.05) is 6.92 Å². The quantitative estimate of drug-likeness (QED) is 0.860. The first-order chi connectivity index (χ1) is 7.91. The van der Waals surface area contributed by atoms with Crippen molar-refractivity contribution in [3.05, 3.63) is 18.2 Å². The van der Waals surface area contributed by atoms with Gasteiger partial charge in [-0.05, 0) is 27.2 Å². The van der Waals surface area contributed by atoms with Crippen LogP contribution in [0.4, 0.5) is 0 Å². The zero-order valence-electron chi connectivity index (χ0n) is 10.7. The van der Waals surface area contributed by atoms with Crippen molar-refractivity contribution in [2.75, 3.05) is 0 Å². The first-order valence-electron chi connectivity index (χ1n) is 5.66. The molecule has 0 saturated heterocycles. The van der Waals surface area contributed by atoms with Gasteiger partial charge in [0, 0.05) is 17.9 Å². The monoisotopic (exact) mass is 234 g/mol. The van der Waals surface area contributed by atoms with E-state index in [1.807, 2.05) is 26.8 Å². The van der Waals surface area contributed by atoms with Gasteiger partial charge in [-0.3, -0.25) is 4.79 Å². The highest BCUT2D eigenvalue weighted by Crippen LogP contribution is 2.13. The van der Waals surface area contributed by atoms with Crippen LogP contribution in [-0.4, -0.2) is 21.0 Å². The van der Waals surface area contributed by atoms with E-state index in [1.165, 1.54) is 6.20 Å². The minimum absolute atomic E-state index is 0.105. The Hall–Kier alpha value is -1.83. The van der Waals surface area contributed by atoms with Gasteiger partial charge in [0.25, 0.3) is 0 Å². The molecular formula is C12H18N4O. The average Bonchev–Trinajstić information content (AvgIpc) is 2.75. The van der Waals surface area contributed by atoms with E-state index in [4.69, 9.17) is 5.26 Å². The predicted molar refractivity (Wildman–Crippen MR) is 64.2 cm³/mol. The molecule has 1 atom stereocenters. The van der Waals surface area contributed by atoms with E-state index in [1.54, 1.807) is 17.7 Å². The third-order valence-electron chi connectivity index (χ3n) is 2.91. The number of carbonyl (C=O) groups is 1. The largest absolute Gasteiger partial charge is 0.349 e. The van der Waals surface area contributed by atoms with Crippen LogP contribution in [0.1, 0.15) is 46.0 Å². The summed E-state index contributed by atoms with van der Waals surface area (Å²) in [5, 5.41) is 11.8. The summed E-state index contributed by atoms with van der Waals surface area (Å²) in [5.74, 6) is 0.147. The van der Waals surface area contributed by atoms with Crippen molar-refractivity contribution in [2.24, 2.45) is 0 Å². The van der Waals surface area contributed by atoms with E-state index in [0.29, 0.717) is 0 Å². The maximum absolute atomic E-state index is 12.0. The molecule has 1 aromatic heterocycles. The minimum Gasteiger partial charge on any atom is -0.349 e. The summed E-state index contributed by atoms with van der Waals surface area (Å²) in [5.41, 5.74) is -0.237. The van der Waals surface area contributed by atoms with Gasteiger partial charge in [-0.25, -0.2) is 4.98 Å². The molecular weight excluding hydrogens is 216 g/mol. The maximum atomic E-state index is 12.0. The smallest absolute Gasteiger partial charge is 0.243 e. The summed E-state index contributed by atoms with van der Waals surface area (Å²) in [6.07, 6.45) is 4.01. The molecule has 0 fully saturated rings. The lowest BCUT2D eigenvalue weighted by atomic mass is 10.0. The predicted octanol–water partition coefficient (Wildman–Crippen LogP) is 1.62. The molecule has 0 saturated carbocycles. The molecule has 0 aliphatic rings. The molecule has 5 nitrogen and oxygen atoms in total. The van der Waals surface area contributed by atoms with E-state index in [9.17, 15) is 4.79 Å². The summed E-state index contributed by atoms with van der Waals surface area (Å²) in [7, 11) is 0. The number of nitriles is 1. The van der Waals surface area contributed by atoms with Gasteiger partial charge < -0.3 is 9.88 Å². The van der Waals surface area contributed by atoms with Gasteiger partial charge in [-0.2, -0.15) is 5.26 Å². The highest BCUT2D eigenvalue weighted by atomic mass is 16.2. The number of nitrogens with zero attached hydrogens (tertiary/aromatic N) is 3. The standard InChI is InChI=1S/C12H18N4O/c1-5-12(3,4)15-11(17)9(2)16-7-6-14-10(16)8-13/h6-7,9H,5H2,1-4H3,(H,15,17). The van der Waals surface area contributed by atoms with Crippen molar-refractivity contribution < 1.29 is 4.79 Å². The molecule has 1 unspecified atom stereocenters. The van der Waals surface area contributed by atoms with E-state index in [2.05, 4.69) is 10.3 Å². The second kappa shape index (κ2) is 5.00. The first-order valence-corrected chi connectivity index (χ1v) is 5.66. The number of hydrogen-bond acceptors (Lipinski definition) is 3. The number of hydrogen-bond donors (Lipinski definition) is 1. The van der Waals surface area contributed by atoms with Gasteiger partial charge in [0.05, 0.1) is 0 Å². The third-order valence-corrected chi connectivity index (χ3v) is 2.91. The fraction of sp³-hybridized carbons (Fsp3) is 0.583. The summed E-state index contributed by atoms with van der Waals surface area (Å²) in [6.45, 7) is 7.71. The van der Waals surface area contributed by atoms with Crippen molar-refractivity contribution in [3.63, 3.8) is 0 Å². The van der Waals surface area contributed by atoms with Crippen LogP contribution in [-0.2, 0) is 4.79 Å². The second-order valence-electron chi connectivity index (χ2n) is 4.67. The average molecular weight is 234 g/mol. The number of nitrogens with one attached hydrogen (secondary N) is 1. The van der Waals surface area contributed by atoms with E-state index >= 15 is 0 Å². The van der Waals surface area contributed by atoms with Crippen molar-refractivity contribution in [3.8, 4) is 6.07 Å². The van der Waals surface area contributed by atoms with Crippen LogP contribution in [0.15, 0.2) is 12.4 Å². The summed E-state index contributed by atoms with van der Waals surface area (Å²) < 4.78 is 1.57. The van der Waals surface area contributed by atoms with Gasteiger partial charge in [0.1, 0.15) is 12.1 Å². The summed E-state index contributed by atoms with van der Waals surface area (Å²) in [6, 6.07) is 1.53. The van der Waals surface area contributed by atoms with Crippen LogP contribution >= 0.6 is 0 Å². The molecule has 17 heavy (non-hydrogen) atoms.